The van der Waals surface area contributed by atoms with E-state index in [1.54, 1.807) is 42.3 Å². The van der Waals surface area contributed by atoms with Crippen LogP contribution in [0.1, 0.15) is 31.4 Å². The molecule has 0 fully saturated rings. The zero-order valence-corrected chi connectivity index (χ0v) is 17.3. The Morgan fingerprint density at radius 1 is 1.19 bits per heavy atom. The Morgan fingerprint density at radius 2 is 1.89 bits per heavy atom. The maximum Gasteiger partial charge on any atom is 0.263 e. The summed E-state index contributed by atoms with van der Waals surface area (Å²) in [4.78, 5) is 18.1. The molecule has 27 heavy (non-hydrogen) atoms. The molecule has 0 spiro atoms. The first-order valence-corrected chi connectivity index (χ1v) is 10.6. The molecule has 0 aliphatic heterocycles. The van der Waals surface area contributed by atoms with Crippen LogP contribution in [-0.4, -0.2) is 37.3 Å². The van der Waals surface area contributed by atoms with Crippen LogP contribution in [0.3, 0.4) is 0 Å². The minimum Gasteiger partial charge on any atom is -0.343 e. The van der Waals surface area contributed by atoms with Crippen molar-refractivity contribution >= 4 is 33.3 Å². The number of nitrogens with one attached hydrogen (secondary N) is 1. The number of halogens is 1. The number of pyridine rings is 1. The van der Waals surface area contributed by atoms with E-state index < -0.39 is 10.0 Å². The molecule has 2 aromatic rings. The van der Waals surface area contributed by atoms with Crippen LogP contribution in [0.25, 0.3) is 0 Å². The lowest BCUT2D eigenvalue weighted by molar-refractivity contribution is -0.130. The van der Waals surface area contributed by atoms with E-state index in [-0.39, 0.29) is 16.6 Å². The molecule has 1 N–H and O–H groups in total. The standard InChI is InChI=1S/C19H24ClN3O3S/c1-4-23(5-2)19(24)12-10-15-9-11-18(21-13-15)22-27(25,26)17-8-6-7-16(20)14(17)3/h6-9,11,13H,4-5,10,12H2,1-3H3,(H,21,22). The topological polar surface area (TPSA) is 79.4 Å². The first-order chi connectivity index (χ1) is 12.8. The number of nitrogens with zero attached hydrogens (tertiary/aromatic N) is 2. The van der Waals surface area contributed by atoms with Crippen LogP contribution >= 0.6 is 11.6 Å². The van der Waals surface area contributed by atoms with Gasteiger partial charge in [0.15, 0.2) is 0 Å². The quantitative estimate of drug-likeness (QED) is 0.721. The van der Waals surface area contributed by atoms with Crippen LogP contribution in [0.15, 0.2) is 41.4 Å². The number of hydrogen-bond acceptors (Lipinski definition) is 4. The third-order valence-corrected chi connectivity index (χ3v) is 6.22. The fourth-order valence-corrected chi connectivity index (χ4v) is 4.20. The molecule has 6 nitrogen and oxygen atoms in total. The number of benzene rings is 1. The predicted octanol–water partition coefficient (Wildman–Crippen LogP) is 3.65. The van der Waals surface area contributed by atoms with Gasteiger partial charge in [0.1, 0.15) is 5.82 Å². The van der Waals surface area contributed by atoms with Crippen molar-refractivity contribution in [3.8, 4) is 0 Å². The second-order valence-electron chi connectivity index (χ2n) is 6.09. The van der Waals surface area contributed by atoms with Crippen molar-refractivity contribution in [2.45, 2.75) is 38.5 Å². The summed E-state index contributed by atoms with van der Waals surface area (Å²) in [6.45, 7) is 6.94. The summed E-state index contributed by atoms with van der Waals surface area (Å²) in [5.74, 6) is 0.314. The SMILES string of the molecule is CCN(CC)C(=O)CCc1ccc(NS(=O)(=O)c2cccc(Cl)c2C)nc1. The van der Waals surface area contributed by atoms with Gasteiger partial charge in [-0.2, -0.15) is 0 Å². The Morgan fingerprint density at radius 3 is 2.48 bits per heavy atom. The number of sulfonamides is 1. The molecule has 0 bridgehead atoms. The van der Waals surface area contributed by atoms with E-state index in [2.05, 4.69) is 9.71 Å². The van der Waals surface area contributed by atoms with E-state index in [0.29, 0.717) is 36.5 Å². The summed E-state index contributed by atoms with van der Waals surface area (Å²) < 4.78 is 27.6. The molecule has 1 aromatic carbocycles. The van der Waals surface area contributed by atoms with E-state index >= 15 is 0 Å². The second-order valence-corrected chi connectivity index (χ2v) is 8.14. The molecule has 0 atom stereocenters. The minimum atomic E-state index is -3.78. The number of aryl methyl sites for hydroxylation is 1. The van der Waals surface area contributed by atoms with E-state index in [0.717, 1.165) is 5.56 Å². The Bertz CT molecular complexity index is 895. The molecule has 1 aromatic heterocycles. The number of carbonyl (C=O) groups is 1. The van der Waals surface area contributed by atoms with Crippen molar-refractivity contribution in [3.05, 3.63) is 52.7 Å². The molecule has 0 unspecified atom stereocenters. The third kappa shape index (κ3) is 5.43. The molecule has 1 amide bonds. The average Bonchev–Trinajstić information content (AvgIpc) is 2.64. The lowest BCUT2D eigenvalue weighted by atomic mass is 10.1. The van der Waals surface area contributed by atoms with Gasteiger partial charge in [0.25, 0.3) is 10.0 Å². The molecule has 146 valence electrons. The van der Waals surface area contributed by atoms with Gasteiger partial charge in [0.2, 0.25) is 5.91 Å². The van der Waals surface area contributed by atoms with E-state index in [4.69, 9.17) is 11.6 Å². The average molecular weight is 410 g/mol. The zero-order valence-electron chi connectivity index (χ0n) is 15.7. The molecule has 0 radical (unpaired) electrons. The molecule has 0 saturated heterocycles. The number of amides is 1. The van der Waals surface area contributed by atoms with E-state index in [9.17, 15) is 13.2 Å². The number of aromatic nitrogens is 1. The fourth-order valence-electron chi connectivity index (χ4n) is 2.69. The summed E-state index contributed by atoms with van der Waals surface area (Å²) in [7, 11) is -3.78. The van der Waals surface area contributed by atoms with Gasteiger partial charge in [-0.3, -0.25) is 9.52 Å². The fraction of sp³-hybridized carbons (Fsp3) is 0.368. The maximum absolute atomic E-state index is 12.6. The number of carbonyl (C=O) groups excluding carboxylic acids is 1. The smallest absolute Gasteiger partial charge is 0.263 e. The number of rotatable bonds is 8. The second kappa shape index (κ2) is 9.19. The number of anilines is 1. The molecule has 0 saturated carbocycles. The lowest BCUT2D eigenvalue weighted by Crippen LogP contribution is -2.30. The molecular weight excluding hydrogens is 386 g/mol. The van der Waals surface area contributed by atoms with Gasteiger partial charge >= 0.3 is 0 Å². The van der Waals surface area contributed by atoms with Crippen LogP contribution in [0.2, 0.25) is 5.02 Å². The van der Waals surface area contributed by atoms with Crippen LogP contribution in [0, 0.1) is 6.92 Å². The van der Waals surface area contributed by atoms with Gasteiger partial charge in [-0.15, -0.1) is 0 Å². The monoisotopic (exact) mass is 409 g/mol. The van der Waals surface area contributed by atoms with Crippen LogP contribution in [-0.2, 0) is 21.2 Å². The normalized spacial score (nSPS) is 11.3. The van der Waals surface area contributed by atoms with Crippen LogP contribution in [0.4, 0.5) is 5.82 Å². The summed E-state index contributed by atoms with van der Waals surface area (Å²) in [5, 5.41) is 0.388. The highest BCUT2D eigenvalue weighted by Gasteiger charge is 2.18. The summed E-state index contributed by atoms with van der Waals surface area (Å²) >= 11 is 6.01. The van der Waals surface area contributed by atoms with Crippen LogP contribution in [0.5, 0.6) is 0 Å². The van der Waals surface area contributed by atoms with Crippen molar-refractivity contribution in [2.24, 2.45) is 0 Å². The zero-order chi connectivity index (χ0) is 20.0. The predicted molar refractivity (Wildman–Crippen MR) is 107 cm³/mol. The van der Waals surface area contributed by atoms with Crippen molar-refractivity contribution in [1.29, 1.82) is 0 Å². The van der Waals surface area contributed by atoms with Crippen LogP contribution < -0.4 is 4.72 Å². The van der Waals surface area contributed by atoms with E-state index in [1.165, 1.54) is 6.07 Å². The van der Waals surface area contributed by atoms with Crippen molar-refractivity contribution in [2.75, 3.05) is 17.8 Å². The molecular formula is C19H24ClN3O3S. The molecule has 8 heteroatoms. The maximum atomic E-state index is 12.6. The largest absolute Gasteiger partial charge is 0.343 e. The first-order valence-electron chi connectivity index (χ1n) is 8.79. The Labute approximate surface area is 165 Å². The van der Waals surface area contributed by atoms with Gasteiger partial charge in [-0.25, -0.2) is 13.4 Å². The summed E-state index contributed by atoms with van der Waals surface area (Å²) in [6, 6.07) is 8.09. The molecule has 0 aliphatic carbocycles. The summed E-state index contributed by atoms with van der Waals surface area (Å²) in [6.07, 6.45) is 2.54. The van der Waals surface area contributed by atoms with Gasteiger partial charge in [-0.05, 0) is 56.5 Å². The highest BCUT2D eigenvalue weighted by molar-refractivity contribution is 7.92. The third-order valence-electron chi connectivity index (χ3n) is 4.31. The highest BCUT2D eigenvalue weighted by atomic mass is 35.5. The molecule has 1 heterocycles. The molecule has 2 rings (SSSR count). The van der Waals surface area contributed by atoms with E-state index in [1.807, 2.05) is 13.8 Å². The highest BCUT2D eigenvalue weighted by Crippen LogP contribution is 2.24. The Kier molecular flexibility index (Phi) is 7.21. The van der Waals surface area contributed by atoms with Crippen molar-refractivity contribution in [3.63, 3.8) is 0 Å². The van der Waals surface area contributed by atoms with Gasteiger partial charge in [-0.1, -0.05) is 23.7 Å². The Balaban J connectivity index is 2.05. The van der Waals surface area contributed by atoms with Crippen molar-refractivity contribution in [1.82, 2.24) is 9.88 Å². The van der Waals surface area contributed by atoms with Gasteiger partial charge < -0.3 is 4.90 Å². The summed E-state index contributed by atoms with van der Waals surface area (Å²) in [5.41, 5.74) is 1.36. The molecule has 0 aliphatic rings. The van der Waals surface area contributed by atoms with Gasteiger partial charge in [0.05, 0.1) is 4.90 Å². The van der Waals surface area contributed by atoms with Crippen molar-refractivity contribution < 1.29 is 13.2 Å². The Hall–Kier alpha value is -2.12. The lowest BCUT2D eigenvalue weighted by Gasteiger charge is -2.18. The first kappa shape index (κ1) is 21.2. The number of hydrogen-bond donors (Lipinski definition) is 1. The van der Waals surface area contributed by atoms with Gasteiger partial charge in [0, 0.05) is 30.7 Å². The minimum absolute atomic E-state index is 0.0983.